The summed E-state index contributed by atoms with van der Waals surface area (Å²) in [6.07, 6.45) is 0.481. The first-order valence-electron chi connectivity index (χ1n) is 6.00. The molecule has 1 unspecified atom stereocenters. The Balaban J connectivity index is 2.32. The van der Waals surface area contributed by atoms with Crippen molar-refractivity contribution in [3.8, 4) is 0 Å². The third-order valence-corrected chi connectivity index (χ3v) is 4.86. The minimum absolute atomic E-state index is 0.0324. The Morgan fingerprint density at radius 3 is 2.26 bits per heavy atom. The summed E-state index contributed by atoms with van der Waals surface area (Å²) in [5.74, 6) is -0.643. The summed E-state index contributed by atoms with van der Waals surface area (Å²) in [5.41, 5.74) is 0.513. The van der Waals surface area contributed by atoms with Gasteiger partial charge in [0.2, 0.25) is 5.91 Å². The maximum Gasteiger partial charge on any atom is 0.237 e. The van der Waals surface area contributed by atoms with Crippen molar-refractivity contribution in [2.75, 3.05) is 11.9 Å². The van der Waals surface area contributed by atoms with Crippen molar-refractivity contribution in [2.24, 2.45) is 11.3 Å². The largest absolute Gasteiger partial charge is 0.313 e. The molecule has 1 aliphatic carbocycles. The van der Waals surface area contributed by atoms with Crippen molar-refractivity contribution >= 4 is 49.2 Å². The topological polar surface area (TPSA) is 37.4 Å². The van der Waals surface area contributed by atoms with Crippen molar-refractivity contribution < 1.29 is 9.59 Å². The fraction of sp³-hybridized carbons (Fsp3) is 0.429. The fourth-order valence-corrected chi connectivity index (χ4v) is 4.07. The van der Waals surface area contributed by atoms with Crippen molar-refractivity contribution in [3.63, 3.8) is 0 Å². The molecule has 1 fully saturated rings. The van der Waals surface area contributed by atoms with E-state index in [2.05, 4.69) is 31.9 Å². The molecule has 0 bridgehead atoms. The number of anilines is 1. The lowest BCUT2D eigenvalue weighted by Crippen LogP contribution is -2.53. The van der Waals surface area contributed by atoms with Gasteiger partial charge in [-0.25, -0.2) is 0 Å². The first kappa shape index (κ1) is 14.7. The van der Waals surface area contributed by atoms with Crippen molar-refractivity contribution in [2.45, 2.75) is 20.3 Å². The number of benzene rings is 1. The van der Waals surface area contributed by atoms with Crippen molar-refractivity contribution in [1.29, 1.82) is 0 Å². The highest BCUT2D eigenvalue weighted by Gasteiger charge is 2.52. The lowest BCUT2D eigenvalue weighted by atomic mass is 9.61. The number of rotatable bonds is 2. The van der Waals surface area contributed by atoms with Crippen LogP contribution >= 0.6 is 31.9 Å². The van der Waals surface area contributed by atoms with E-state index in [-0.39, 0.29) is 17.1 Å². The predicted molar refractivity (Wildman–Crippen MR) is 82.1 cm³/mol. The van der Waals surface area contributed by atoms with Crippen LogP contribution in [0.4, 0.5) is 5.69 Å². The van der Waals surface area contributed by atoms with Gasteiger partial charge in [0.05, 0.1) is 5.69 Å². The second-order valence-electron chi connectivity index (χ2n) is 5.53. The second-order valence-corrected chi connectivity index (χ2v) is 7.24. The van der Waals surface area contributed by atoms with Gasteiger partial charge in [0.25, 0.3) is 0 Å². The van der Waals surface area contributed by atoms with Gasteiger partial charge in [-0.05, 0) is 49.4 Å². The number of carbonyl (C=O) groups excluding carboxylic acids is 2. The molecule has 0 aromatic heterocycles. The highest BCUT2D eigenvalue weighted by atomic mass is 79.9. The quantitative estimate of drug-likeness (QED) is 0.722. The number of amides is 1. The maximum atomic E-state index is 12.5. The van der Waals surface area contributed by atoms with Crippen LogP contribution in [0.3, 0.4) is 0 Å². The van der Waals surface area contributed by atoms with Crippen LogP contribution in [-0.2, 0) is 9.59 Å². The van der Waals surface area contributed by atoms with Gasteiger partial charge in [-0.15, -0.1) is 0 Å². The molecule has 102 valence electrons. The number of nitrogens with zero attached hydrogens (tertiary/aromatic N) is 1. The maximum absolute atomic E-state index is 12.5. The molecule has 2 rings (SSSR count). The molecule has 0 radical (unpaired) electrons. The molecule has 1 amide bonds. The number of halogens is 2. The van der Waals surface area contributed by atoms with Gasteiger partial charge in [-0.1, -0.05) is 19.9 Å². The normalized spacial score (nSPS) is 20.9. The van der Waals surface area contributed by atoms with Crippen LogP contribution in [0.2, 0.25) is 0 Å². The first-order valence-corrected chi connectivity index (χ1v) is 7.58. The second kappa shape index (κ2) is 5.02. The zero-order valence-corrected chi connectivity index (χ0v) is 14.2. The molecule has 0 N–H and O–H groups in total. The Labute approximate surface area is 129 Å². The molecule has 1 aliphatic rings. The van der Waals surface area contributed by atoms with Gasteiger partial charge in [0.1, 0.15) is 11.7 Å². The van der Waals surface area contributed by atoms with Gasteiger partial charge in [-0.2, -0.15) is 0 Å². The molecule has 3 nitrogen and oxygen atoms in total. The van der Waals surface area contributed by atoms with E-state index in [0.717, 1.165) is 14.6 Å². The molecule has 5 heteroatoms. The summed E-state index contributed by atoms with van der Waals surface area (Å²) in [5, 5.41) is 0. The summed E-state index contributed by atoms with van der Waals surface area (Å²) in [6, 6.07) is 5.63. The van der Waals surface area contributed by atoms with Crippen LogP contribution in [0.25, 0.3) is 0 Å². The van der Waals surface area contributed by atoms with E-state index in [9.17, 15) is 9.59 Å². The Morgan fingerprint density at radius 1 is 1.32 bits per heavy atom. The van der Waals surface area contributed by atoms with E-state index in [4.69, 9.17) is 0 Å². The SMILES string of the molecule is CN(C(=O)C1C(=O)CC1(C)C)c1c(Br)cccc1Br. The predicted octanol–water partition coefficient (Wildman–Crippen LogP) is 3.79. The van der Waals surface area contributed by atoms with E-state index in [1.165, 1.54) is 0 Å². The van der Waals surface area contributed by atoms with Crippen molar-refractivity contribution in [3.05, 3.63) is 27.1 Å². The van der Waals surface area contributed by atoms with Gasteiger partial charge in [0, 0.05) is 22.4 Å². The monoisotopic (exact) mass is 387 g/mol. The van der Waals surface area contributed by atoms with Crippen LogP contribution in [0.15, 0.2) is 27.1 Å². The minimum atomic E-state index is -0.531. The Kier molecular flexibility index (Phi) is 3.89. The number of carbonyl (C=O) groups is 2. The molecule has 1 aromatic carbocycles. The first-order chi connectivity index (χ1) is 8.75. The summed E-state index contributed by atoms with van der Waals surface area (Å²) < 4.78 is 1.64. The molecule has 0 saturated heterocycles. The molecular weight excluding hydrogens is 374 g/mol. The molecule has 0 spiro atoms. The minimum Gasteiger partial charge on any atom is -0.313 e. The third-order valence-electron chi connectivity index (χ3n) is 3.58. The summed E-state index contributed by atoms with van der Waals surface area (Å²) in [4.78, 5) is 25.8. The third kappa shape index (κ3) is 2.50. The molecule has 19 heavy (non-hydrogen) atoms. The van der Waals surface area contributed by atoms with Gasteiger partial charge >= 0.3 is 0 Å². The van der Waals surface area contributed by atoms with Gasteiger partial charge in [-0.3, -0.25) is 9.59 Å². The highest BCUT2D eigenvalue weighted by Crippen LogP contribution is 2.45. The van der Waals surface area contributed by atoms with Crippen LogP contribution < -0.4 is 4.90 Å². The molecule has 1 atom stereocenters. The van der Waals surface area contributed by atoms with E-state index >= 15 is 0 Å². The number of Topliss-reactive ketones (excluding diaryl/α,β-unsaturated/α-hetero) is 1. The average molecular weight is 389 g/mol. The summed E-state index contributed by atoms with van der Waals surface area (Å²) >= 11 is 6.88. The number of para-hydroxylation sites is 1. The summed E-state index contributed by atoms with van der Waals surface area (Å²) in [6.45, 7) is 3.92. The van der Waals surface area contributed by atoms with E-state index in [0.29, 0.717) is 6.42 Å². The molecular formula is C14H15Br2NO2. The molecule has 0 aliphatic heterocycles. The van der Waals surface area contributed by atoms with E-state index in [1.54, 1.807) is 11.9 Å². The van der Waals surface area contributed by atoms with Crippen LogP contribution in [0.5, 0.6) is 0 Å². The van der Waals surface area contributed by atoms with Crippen LogP contribution in [-0.4, -0.2) is 18.7 Å². The van der Waals surface area contributed by atoms with Gasteiger partial charge < -0.3 is 4.90 Å². The standard InChI is InChI=1S/C14H15Br2NO2/c1-14(2)7-10(18)11(14)13(19)17(3)12-8(15)5-4-6-9(12)16/h4-6,11H,7H2,1-3H3. The highest BCUT2D eigenvalue weighted by molar-refractivity contribution is 9.11. The number of ketones is 1. The Hall–Kier alpha value is -0.680. The average Bonchev–Trinajstić information content (AvgIpc) is 2.26. The molecule has 0 heterocycles. The zero-order chi connectivity index (χ0) is 14.4. The fourth-order valence-electron chi connectivity index (χ4n) is 2.54. The van der Waals surface area contributed by atoms with Crippen molar-refractivity contribution in [1.82, 2.24) is 0 Å². The molecule has 1 aromatic rings. The zero-order valence-electron chi connectivity index (χ0n) is 11.0. The lowest BCUT2D eigenvalue weighted by Gasteiger charge is -2.43. The Bertz CT molecular complexity index is 534. The van der Waals surface area contributed by atoms with E-state index in [1.807, 2.05) is 32.0 Å². The smallest absolute Gasteiger partial charge is 0.237 e. The molecule has 1 saturated carbocycles. The lowest BCUT2D eigenvalue weighted by molar-refractivity contribution is -0.149. The van der Waals surface area contributed by atoms with Gasteiger partial charge in [0.15, 0.2) is 0 Å². The van der Waals surface area contributed by atoms with Crippen LogP contribution in [0.1, 0.15) is 20.3 Å². The van der Waals surface area contributed by atoms with E-state index < -0.39 is 5.92 Å². The summed E-state index contributed by atoms with van der Waals surface area (Å²) in [7, 11) is 1.70. The Morgan fingerprint density at radius 2 is 1.84 bits per heavy atom. The number of hydrogen-bond acceptors (Lipinski definition) is 2. The van der Waals surface area contributed by atoms with Crippen LogP contribution in [0, 0.1) is 11.3 Å². The number of hydrogen-bond donors (Lipinski definition) is 0.